The van der Waals surface area contributed by atoms with Gasteiger partial charge in [0, 0.05) is 38.5 Å². The van der Waals surface area contributed by atoms with E-state index < -0.39 is 58.5 Å². The van der Waals surface area contributed by atoms with Crippen molar-refractivity contribution in [1.82, 2.24) is 0 Å². The van der Waals surface area contributed by atoms with Gasteiger partial charge in [-0.1, -0.05) is 6.58 Å². The lowest BCUT2D eigenvalue weighted by molar-refractivity contribution is -0.324. The Labute approximate surface area is 203 Å². The molecule has 0 unspecified atom stereocenters. The molecule has 2 N–H and O–H groups in total. The molecule has 0 aromatic rings. The van der Waals surface area contributed by atoms with Gasteiger partial charge in [0.05, 0.1) is 12.2 Å². The van der Waals surface area contributed by atoms with Crippen LogP contribution in [0.2, 0.25) is 0 Å². The van der Waals surface area contributed by atoms with Crippen LogP contribution in [0, 0.1) is 0 Å². The number of hydrogen-bond acceptors (Lipinski definition) is 11. The Morgan fingerprint density at radius 2 is 1.71 bits per heavy atom. The molecule has 0 bridgehead atoms. The van der Waals surface area contributed by atoms with E-state index >= 15 is 0 Å². The summed E-state index contributed by atoms with van der Waals surface area (Å²) in [6.45, 7) is 9.75. The summed E-state index contributed by atoms with van der Waals surface area (Å²) in [5, 5.41) is 23.6. The first-order valence-electron chi connectivity index (χ1n) is 11.2. The number of esters is 4. The molecule has 11 nitrogen and oxygen atoms in total. The third-order valence-corrected chi connectivity index (χ3v) is 7.08. The summed E-state index contributed by atoms with van der Waals surface area (Å²) in [5.41, 5.74) is -8.04. The van der Waals surface area contributed by atoms with Crippen molar-refractivity contribution in [3.63, 3.8) is 0 Å². The van der Waals surface area contributed by atoms with Gasteiger partial charge in [-0.05, 0) is 33.6 Å². The zero-order valence-electron chi connectivity index (χ0n) is 20.8. The lowest BCUT2D eigenvalue weighted by Crippen LogP contribution is -2.82. The van der Waals surface area contributed by atoms with Gasteiger partial charge in [0.2, 0.25) is 5.60 Å². The number of carbonyl (C=O) groups is 4. The van der Waals surface area contributed by atoms with Crippen molar-refractivity contribution < 1.29 is 53.1 Å². The second-order valence-corrected chi connectivity index (χ2v) is 9.86. The van der Waals surface area contributed by atoms with Crippen LogP contribution < -0.4 is 0 Å². The minimum absolute atomic E-state index is 0.0164. The quantitative estimate of drug-likeness (QED) is 0.302. The maximum Gasteiger partial charge on any atom is 0.337 e. The van der Waals surface area contributed by atoms with Crippen molar-refractivity contribution >= 4 is 23.9 Å². The van der Waals surface area contributed by atoms with Gasteiger partial charge in [-0.15, -0.1) is 0 Å². The molecular formula is C24H32O11. The van der Waals surface area contributed by atoms with E-state index in [0.29, 0.717) is 0 Å². The van der Waals surface area contributed by atoms with Gasteiger partial charge in [0.25, 0.3) is 0 Å². The Bertz CT molecular complexity index is 1010. The molecule has 35 heavy (non-hydrogen) atoms. The van der Waals surface area contributed by atoms with E-state index in [0.717, 1.165) is 13.8 Å². The van der Waals surface area contributed by atoms with E-state index in [4.69, 9.17) is 23.7 Å². The zero-order valence-corrected chi connectivity index (χ0v) is 20.8. The van der Waals surface area contributed by atoms with Crippen LogP contribution >= 0.6 is 0 Å². The van der Waals surface area contributed by atoms with Crippen LogP contribution in [-0.4, -0.2) is 82.4 Å². The van der Waals surface area contributed by atoms with Crippen LogP contribution in [0.25, 0.3) is 0 Å². The Kier molecular flexibility index (Phi) is 6.69. The lowest BCUT2D eigenvalue weighted by atomic mass is 9.51. The van der Waals surface area contributed by atoms with E-state index in [9.17, 15) is 29.4 Å². The Balaban J connectivity index is 2.40. The molecule has 2 fully saturated rings. The molecule has 194 valence electrons. The molecule has 3 aliphatic rings. The third kappa shape index (κ3) is 3.95. The molecule has 2 saturated carbocycles. The minimum atomic E-state index is -2.26. The van der Waals surface area contributed by atoms with Crippen molar-refractivity contribution in [2.24, 2.45) is 0 Å². The summed E-state index contributed by atoms with van der Waals surface area (Å²) in [6, 6.07) is 0. The number of rotatable bonds is 6. The third-order valence-electron chi connectivity index (χ3n) is 7.08. The van der Waals surface area contributed by atoms with Crippen molar-refractivity contribution in [3.05, 3.63) is 23.3 Å². The van der Waals surface area contributed by atoms with Gasteiger partial charge in [-0.2, -0.15) is 0 Å². The summed E-state index contributed by atoms with van der Waals surface area (Å²) in [4.78, 5) is 50.1. The first-order chi connectivity index (χ1) is 16.1. The molecule has 0 amide bonds. The summed E-state index contributed by atoms with van der Waals surface area (Å²) in [5.74, 6) is -3.30. The highest BCUT2D eigenvalue weighted by Crippen LogP contribution is 2.63. The molecule has 11 heteroatoms. The van der Waals surface area contributed by atoms with Crippen LogP contribution in [0.3, 0.4) is 0 Å². The molecule has 0 radical (unpaired) electrons. The normalized spacial score (nSPS) is 38.1. The Hall–Kier alpha value is -2.76. The molecule has 1 heterocycles. The summed E-state index contributed by atoms with van der Waals surface area (Å²) in [7, 11) is 1.33. The number of methoxy groups -OCH3 is 1. The zero-order chi connectivity index (χ0) is 26.6. The van der Waals surface area contributed by atoms with Gasteiger partial charge in [-0.25, -0.2) is 9.59 Å². The van der Waals surface area contributed by atoms with Crippen molar-refractivity contribution in [3.8, 4) is 0 Å². The molecule has 1 aliphatic heterocycles. The van der Waals surface area contributed by atoms with Crippen molar-refractivity contribution in [2.45, 2.75) is 88.5 Å². The van der Waals surface area contributed by atoms with E-state index in [1.165, 1.54) is 27.9 Å². The summed E-state index contributed by atoms with van der Waals surface area (Å²) < 4.78 is 27.8. The molecule has 2 aliphatic carbocycles. The van der Waals surface area contributed by atoms with Crippen LogP contribution in [0.5, 0.6) is 0 Å². The van der Waals surface area contributed by atoms with E-state index in [-0.39, 0.29) is 42.6 Å². The summed E-state index contributed by atoms with van der Waals surface area (Å²) >= 11 is 0. The highest BCUT2D eigenvalue weighted by Gasteiger charge is 2.81. The van der Waals surface area contributed by atoms with Gasteiger partial charge in [0.15, 0.2) is 11.7 Å². The van der Waals surface area contributed by atoms with Gasteiger partial charge in [0.1, 0.15) is 17.3 Å². The largest absolute Gasteiger partial charge is 0.456 e. The summed E-state index contributed by atoms with van der Waals surface area (Å²) in [6.07, 6.45) is -3.48. The van der Waals surface area contributed by atoms with Crippen molar-refractivity contribution in [2.75, 3.05) is 13.7 Å². The SMILES string of the molecule is C=C(C)C(=O)O[C@H]1C[C@@](C)(OC(C)=O)[C@@]2(O)CC[C@@](C)(O)[C@H](OC(C)=O)[C@@]23OC(=O)C(COC)=C13. The van der Waals surface area contributed by atoms with E-state index in [1.54, 1.807) is 0 Å². The second kappa shape index (κ2) is 8.72. The fourth-order valence-electron chi connectivity index (χ4n) is 5.65. The smallest absolute Gasteiger partial charge is 0.337 e. The van der Waals surface area contributed by atoms with Crippen LogP contribution in [0.4, 0.5) is 0 Å². The number of carbonyl (C=O) groups excluding carboxylic acids is 4. The fraction of sp³-hybridized carbons (Fsp3) is 0.667. The average Bonchev–Trinajstić information content (AvgIpc) is 3.00. The molecular weight excluding hydrogens is 464 g/mol. The standard InChI is InChI=1S/C24H32O11/c1-12(2)18(27)33-16-10-22(6,34-14(4)26)23(30)9-8-21(5,29)20(32-13(3)25)24(23)17(16)15(11-31-7)19(28)35-24/h16,20,29-30H,1,8-11H2,2-7H3/t16-,20-,21+,22+,23-,24+/m0/s1. The van der Waals surface area contributed by atoms with Gasteiger partial charge in [-0.3, -0.25) is 9.59 Å². The van der Waals surface area contributed by atoms with Crippen molar-refractivity contribution in [1.29, 1.82) is 0 Å². The van der Waals surface area contributed by atoms with Crippen LogP contribution in [-0.2, 0) is 42.9 Å². The molecule has 0 aromatic carbocycles. The predicted octanol–water partition coefficient (Wildman–Crippen LogP) is 0.646. The highest BCUT2D eigenvalue weighted by atomic mass is 16.6. The predicted molar refractivity (Wildman–Crippen MR) is 118 cm³/mol. The maximum atomic E-state index is 13.2. The number of hydrogen-bond donors (Lipinski definition) is 2. The molecule has 0 aromatic heterocycles. The maximum absolute atomic E-state index is 13.2. The monoisotopic (exact) mass is 496 g/mol. The molecule has 6 atom stereocenters. The van der Waals surface area contributed by atoms with Crippen LogP contribution in [0.15, 0.2) is 23.3 Å². The molecule has 0 saturated heterocycles. The first-order valence-corrected chi connectivity index (χ1v) is 11.2. The fourth-order valence-corrected chi connectivity index (χ4v) is 5.65. The molecule has 1 spiro atoms. The lowest BCUT2D eigenvalue weighted by Gasteiger charge is -2.63. The van der Waals surface area contributed by atoms with E-state index in [1.807, 2.05) is 0 Å². The number of aliphatic hydroxyl groups is 2. The average molecular weight is 497 g/mol. The van der Waals surface area contributed by atoms with Crippen LogP contribution in [0.1, 0.15) is 53.9 Å². The Morgan fingerprint density at radius 3 is 2.23 bits per heavy atom. The Morgan fingerprint density at radius 1 is 1.09 bits per heavy atom. The van der Waals surface area contributed by atoms with Gasteiger partial charge < -0.3 is 33.9 Å². The minimum Gasteiger partial charge on any atom is -0.456 e. The molecule has 3 rings (SSSR count). The highest BCUT2D eigenvalue weighted by molar-refractivity contribution is 5.95. The van der Waals surface area contributed by atoms with Gasteiger partial charge >= 0.3 is 23.9 Å². The van der Waals surface area contributed by atoms with E-state index in [2.05, 4.69) is 6.58 Å². The first kappa shape index (κ1) is 26.8. The topological polar surface area (TPSA) is 155 Å². The second-order valence-electron chi connectivity index (χ2n) is 9.86. The number of ether oxygens (including phenoxy) is 5.